The molecule has 10 heteroatoms. The van der Waals surface area contributed by atoms with E-state index in [-0.39, 0.29) is 0 Å². The Labute approximate surface area is 131 Å². The molecular formula is C13H20O10. The summed E-state index contributed by atoms with van der Waals surface area (Å²) in [7, 11) is 2.19. The van der Waals surface area contributed by atoms with E-state index in [0.29, 0.717) is 0 Å². The lowest BCUT2D eigenvalue weighted by Gasteiger charge is -2.30. The second-order valence-electron chi connectivity index (χ2n) is 5.49. The summed E-state index contributed by atoms with van der Waals surface area (Å²) in [6.45, 7) is -0.670. The van der Waals surface area contributed by atoms with Gasteiger partial charge in [-0.2, -0.15) is 0 Å². The zero-order valence-corrected chi connectivity index (χ0v) is 12.6. The summed E-state index contributed by atoms with van der Waals surface area (Å²) in [4.78, 5) is 23.5. The van der Waals surface area contributed by atoms with Crippen LogP contribution in [0.5, 0.6) is 0 Å². The molecular weight excluding hydrogens is 316 g/mol. The van der Waals surface area contributed by atoms with Gasteiger partial charge in [-0.3, -0.25) is 9.59 Å². The first kappa shape index (κ1) is 18.0. The molecule has 0 unspecified atom stereocenters. The highest BCUT2D eigenvalue weighted by atomic mass is 16.7. The molecule has 0 spiro atoms. The summed E-state index contributed by atoms with van der Waals surface area (Å²) in [6, 6.07) is 0. The zero-order valence-electron chi connectivity index (χ0n) is 12.6. The van der Waals surface area contributed by atoms with Crippen molar-refractivity contribution in [3.8, 4) is 0 Å². The van der Waals surface area contributed by atoms with Crippen molar-refractivity contribution in [2.75, 3.05) is 20.8 Å². The van der Waals surface area contributed by atoms with Crippen LogP contribution in [-0.2, 0) is 28.5 Å². The molecule has 10 nitrogen and oxygen atoms in total. The Kier molecular flexibility index (Phi) is 5.23. The fraction of sp³-hybridized carbons (Fsp3) is 0.846. The number of aliphatic hydroxyl groups is 4. The number of hydrogen-bond acceptors (Lipinski definition) is 10. The smallest absolute Gasteiger partial charge is 0.316 e. The Bertz CT molecular complexity index is 468. The summed E-state index contributed by atoms with van der Waals surface area (Å²) in [5.74, 6) is -5.44. The van der Waals surface area contributed by atoms with E-state index in [9.17, 15) is 24.9 Å². The maximum absolute atomic E-state index is 12.0. The molecule has 0 aromatic carbocycles. The molecule has 0 aliphatic carbocycles. The standard InChI is InChI=1S/C13H20O10/c1-20-6(16)3-13(19)7(12(18)21-2)10-11(23-13)8(17)9(22-10)5(15)4-14/h5,7-11,14-15,17,19H,3-4H2,1-2H3/t5-,7+,8+,9-,10-,11-,13+/m1/s1. The van der Waals surface area contributed by atoms with Gasteiger partial charge < -0.3 is 39.4 Å². The molecule has 2 aliphatic heterocycles. The molecule has 2 saturated heterocycles. The molecule has 2 rings (SSSR count). The van der Waals surface area contributed by atoms with E-state index in [1.54, 1.807) is 0 Å². The summed E-state index contributed by atoms with van der Waals surface area (Å²) in [6.07, 6.45) is -7.02. The first-order chi connectivity index (χ1) is 10.8. The minimum Gasteiger partial charge on any atom is -0.469 e. The number of esters is 2. The van der Waals surface area contributed by atoms with Crippen molar-refractivity contribution >= 4 is 11.9 Å². The molecule has 7 atom stereocenters. The van der Waals surface area contributed by atoms with Gasteiger partial charge in [0.25, 0.3) is 0 Å². The van der Waals surface area contributed by atoms with Gasteiger partial charge in [0.2, 0.25) is 0 Å². The number of aliphatic hydroxyl groups excluding tert-OH is 3. The van der Waals surface area contributed by atoms with E-state index in [1.807, 2.05) is 0 Å². The lowest BCUT2D eigenvalue weighted by Crippen LogP contribution is -2.48. The highest BCUT2D eigenvalue weighted by molar-refractivity contribution is 5.77. The molecule has 0 saturated carbocycles. The van der Waals surface area contributed by atoms with E-state index in [1.165, 1.54) is 0 Å². The van der Waals surface area contributed by atoms with Gasteiger partial charge in [0.1, 0.15) is 42.9 Å². The maximum atomic E-state index is 12.0. The number of hydrogen-bond donors (Lipinski definition) is 4. The van der Waals surface area contributed by atoms with Gasteiger partial charge in [0.05, 0.1) is 20.8 Å². The lowest BCUT2D eigenvalue weighted by molar-refractivity contribution is -0.240. The zero-order chi connectivity index (χ0) is 17.4. The minimum absolute atomic E-state index is 0.667. The van der Waals surface area contributed by atoms with Crippen LogP contribution in [0.3, 0.4) is 0 Å². The maximum Gasteiger partial charge on any atom is 0.316 e. The molecule has 0 aromatic rings. The van der Waals surface area contributed by atoms with Crippen molar-refractivity contribution in [2.45, 2.75) is 42.7 Å². The summed E-state index contributed by atoms with van der Waals surface area (Å²) < 4.78 is 19.8. The van der Waals surface area contributed by atoms with Crippen molar-refractivity contribution in [3.63, 3.8) is 0 Å². The van der Waals surface area contributed by atoms with Crippen molar-refractivity contribution < 1.29 is 49.0 Å². The average Bonchev–Trinajstić information content (AvgIpc) is 2.98. The van der Waals surface area contributed by atoms with Gasteiger partial charge in [-0.25, -0.2) is 0 Å². The van der Waals surface area contributed by atoms with E-state index in [4.69, 9.17) is 14.6 Å². The molecule has 23 heavy (non-hydrogen) atoms. The number of methoxy groups -OCH3 is 2. The number of ether oxygens (including phenoxy) is 4. The fourth-order valence-corrected chi connectivity index (χ4v) is 2.99. The average molecular weight is 336 g/mol. The van der Waals surface area contributed by atoms with Crippen molar-refractivity contribution in [3.05, 3.63) is 0 Å². The molecule has 0 aromatic heterocycles. The number of fused-ring (bicyclic) bond motifs is 1. The van der Waals surface area contributed by atoms with Gasteiger partial charge in [0, 0.05) is 0 Å². The van der Waals surface area contributed by atoms with Crippen LogP contribution in [0.2, 0.25) is 0 Å². The quantitative estimate of drug-likeness (QED) is 0.380. The first-order valence-corrected chi connectivity index (χ1v) is 6.96. The predicted octanol–water partition coefficient (Wildman–Crippen LogP) is -3.09. The predicted molar refractivity (Wildman–Crippen MR) is 69.7 cm³/mol. The van der Waals surface area contributed by atoms with E-state index in [0.717, 1.165) is 14.2 Å². The first-order valence-electron chi connectivity index (χ1n) is 6.96. The Balaban J connectivity index is 2.28. The topological polar surface area (TPSA) is 152 Å². The van der Waals surface area contributed by atoms with Crippen LogP contribution in [0.1, 0.15) is 6.42 Å². The summed E-state index contributed by atoms with van der Waals surface area (Å²) >= 11 is 0. The molecule has 0 radical (unpaired) electrons. The molecule has 4 N–H and O–H groups in total. The van der Waals surface area contributed by atoms with E-state index in [2.05, 4.69) is 9.47 Å². The summed E-state index contributed by atoms with van der Waals surface area (Å²) in [5, 5.41) is 39.3. The monoisotopic (exact) mass is 336 g/mol. The Morgan fingerprint density at radius 2 is 1.91 bits per heavy atom. The lowest BCUT2D eigenvalue weighted by atomic mass is 9.91. The van der Waals surface area contributed by atoms with Crippen molar-refractivity contribution in [2.24, 2.45) is 5.92 Å². The van der Waals surface area contributed by atoms with Gasteiger partial charge in [-0.15, -0.1) is 0 Å². The van der Waals surface area contributed by atoms with Crippen LogP contribution in [0.4, 0.5) is 0 Å². The third-order valence-corrected chi connectivity index (χ3v) is 4.11. The highest BCUT2D eigenvalue weighted by Gasteiger charge is 2.66. The second-order valence-corrected chi connectivity index (χ2v) is 5.49. The van der Waals surface area contributed by atoms with Gasteiger partial charge in [0.15, 0.2) is 5.79 Å². The molecule has 132 valence electrons. The number of carbonyl (C=O) groups is 2. The van der Waals surface area contributed by atoms with Crippen LogP contribution in [0.25, 0.3) is 0 Å². The number of carbonyl (C=O) groups excluding carboxylic acids is 2. The van der Waals surface area contributed by atoms with E-state index < -0.39 is 67.2 Å². The third-order valence-electron chi connectivity index (χ3n) is 4.11. The SMILES string of the molecule is COC(=O)C[C@]1(O)O[C@@H]2[C@@H](O)[C@@H]([C@H](O)CO)O[C@@H]2[C@H]1C(=O)OC. The normalized spacial score (nSPS) is 40.5. The molecule has 2 heterocycles. The van der Waals surface area contributed by atoms with Crippen LogP contribution in [0.15, 0.2) is 0 Å². The highest BCUT2D eigenvalue weighted by Crippen LogP contribution is 2.46. The fourth-order valence-electron chi connectivity index (χ4n) is 2.99. The van der Waals surface area contributed by atoms with Crippen molar-refractivity contribution in [1.29, 1.82) is 0 Å². The molecule has 2 aliphatic rings. The van der Waals surface area contributed by atoms with E-state index >= 15 is 0 Å². The largest absolute Gasteiger partial charge is 0.469 e. The molecule has 2 fully saturated rings. The van der Waals surface area contributed by atoms with Crippen LogP contribution in [-0.4, -0.2) is 89.5 Å². The molecule has 0 bridgehead atoms. The van der Waals surface area contributed by atoms with Crippen LogP contribution < -0.4 is 0 Å². The van der Waals surface area contributed by atoms with Gasteiger partial charge in [-0.05, 0) is 0 Å². The Morgan fingerprint density at radius 3 is 2.43 bits per heavy atom. The van der Waals surface area contributed by atoms with Crippen molar-refractivity contribution in [1.82, 2.24) is 0 Å². The van der Waals surface area contributed by atoms with Gasteiger partial charge in [-0.1, -0.05) is 0 Å². The van der Waals surface area contributed by atoms with Crippen LogP contribution >= 0.6 is 0 Å². The number of rotatable bonds is 5. The Morgan fingerprint density at radius 1 is 1.26 bits per heavy atom. The third kappa shape index (κ3) is 3.05. The summed E-state index contributed by atoms with van der Waals surface area (Å²) in [5.41, 5.74) is 0. The Hall–Kier alpha value is -1.30. The van der Waals surface area contributed by atoms with Gasteiger partial charge >= 0.3 is 11.9 Å². The minimum atomic E-state index is -2.27. The molecule has 0 amide bonds. The second kappa shape index (κ2) is 6.67. The van der Waals surface area contributed by atoms with Crippen LogP contribution in [0, 0.1) is 5.92 Å².